The zero-order valence-electron chi connectivity index (χ0n) is 6.54. The van der Waals surface area contributed by atoms with Gasteiger partial charge >= 0.3 is 0 Å². The topological polar surface area (TPSA) is 43.8 Å². The fraction of sp³-hybridized carbons (Fsp3) is 0.375. The standard InChI is InChI=1S/C8H11N3/c1-2-11-6-8(10-7-11)4-3-5-9/h6-7H,2,5,9H2,1H3. The number of aryl methyl sites for hydroxylation is 1. The molecule has 58 valence electrons. The van der Waals surface area contributed by atoms with Crippen molar-refractivity contribution in [1.82, 2.24) is 9.55 Å². The first-order chi connectivity index (χ1) is 5.36. The van der Waals surface area contributed by atoms with Crippen molar-refractivity contribution in [2.45, 2.75) is 13.5 Å². The van der Waals surface area contributed by atoms with Crippen LogP contribution in [0.2, 0.25) is 0 Å². The van der Waals surface area contributed by atoms with E-state index in [0.29, 0.717) is 6.54 Å². The first-order valence-corrected chi connectivity index (χ1v) is 3.57. The first-order valence-electron chi connectivity index (χ1n) is 3.57. The fourth-order valence-electron chi connectivity index (χ4n) is 0.739. The molecule has 3 heteroatoms. The van der Waals surface area contributed by atoms with Gasteiger partial charge in [-0.2, -0.15) is 0 Å². The minimum absolute atomic E-state index is 0.388. The van der Waals surface area contributed by atoms with Crippen LogP contribution in [0, 0.1) is 11.8 Å². The van der Waals surface area contributed by atoms with Crippen LogP contribution in [0.5, 0.6) is 0 Å². The lowest BCUT2D eigenvalue weighted by Crippen LogP contribution is -1.93. The third kappa shape index (κ3) is 2.10. The van der Waals surface area contributed by atoms with Gasteiger partial charge in [-0.05, 0) is 12.8 Å². The highest BCUT2D eigenvalue weighted by atomic mass is 15.0. The molecule has 0 bridgehead atoms. The predicted octanol–water partition coefficient (Wildman–Crippen LogP) is 0.213. The van der Waals surface area contributed by atoms with E-state index >= 15 is 0 Å². The van der Waals surface area contributed by atoms with Gasteiger partial charge in [0.15, 0.2) is 0 Å². The summed E-state index contributed by atoms with van der Waals surface area (Å²) in [6.45, 7) is 3.37. The lowest BCUT2D eigenvalue weighted by Gasteiger charge is -1.88. The molecule has 0 fully saturated rings. The van der Waals surface area contributed by atoms with Gasteiger partial charge in [-0.3, -0.25) is 0 Å². The summed E-state index contributed by atoms with van der Waals surface area (Å²) in [5, 5.41) is 0. The summed E-state index contributed by atoms with van der Waals surface area (Å²) in [4.78, 5) is 4.06. The van der Waals surface area contributed by atoms with Gasteiger partial charge < -0.3 is 10.3 Å². The average Bonchev–Trinajstić information content (AvgIpc) is 2.48. The van der Waals surface area contributed by atoms with Crippen molar-refractivity contribution < 1.29 is 0 Å². The number of aromatic nitrogens is 2. The van der Waals surface area contributed by atoms with E-state index in [1.54, 1.807) is 6.33 Å². The fourth-order valence-corrected chi connectivity index (χ4v) is 0.739. The maximum atomic E-state index is 5.21. The summed E-state index contributed by atoms with van der Waals surface area (Å²) in [5.74, 6) is 5.60. The molecule has 11 heavy (non-hydrogen) atoms. The molecule has 1 aromatic heterocycles. The summed E-state index contributed by atoms with van der Waals surface area (Å²) < 4.78 is 1.97. The van der Waals surface area contributed by atoms with Crippen molar-refractivity contribution in [2.24, 2.45) is 5.73 Å². The molecule has 0 aliphatic carbocycles. The molecule has 0 spiro atoms. The van der Waals surface area contributed by atoms with Gasteiger partial charge in [0.05, 0.1) is 12.9 Å². The van der Waals surface area contributed by atoms with Crippen LogP contribution in [-0.2, 0) is 6.54 Å². The van der Waals surface area contributed by atoms with Crippen LogP contribution >= 0.6 is 0 Å². The molecule has 1 rings (SSSR count). The largest absolute Gasteiger partial charge is 0.336 e. The van der Waals surface area contributed by atoms with E-state index in [2.05, 4.69) is 23.7 Å². The normalized spacial score (nSPS) is 8.91. The molecule has 0 aromatic carbocycles. The van der Waals surface area contributed by atoms with Gasteiger partial charge in [0.25, 0.3) is 0 Å². The van der Waals surface area contributed by atoms with E-state index in [4.69, 9.17) is 5.73 Å². The van der Waals surface area contributed by atoms with E-state index in [9.17, 15) is 0 Å². The van der Waals surface area contributed by atoms with Gasteiger partial charge in [-0.1, -0.05) is 5.92 Å². The Morgan fingerprint density at radius 2 is 2.55 bits per heavy atom. The number of hydrogen-bond acceptors (Lipinski definition) is 2. The number of rotatable bonds is 1. The minimum Gasteiger partial charge on any atom is -0.336 e. The van der Waals surface area contributed by atoms with Crippen LogP contribution in [0.4, 0.5) is 0 Å². The quantitative estimate of drug-likeness (QED) is 0.580. The van der Waals surface area contributed by atoms with Gasteiger partial charge in [-0.25, -0.2) is 4.98 Å². The number of nitrogens with zero attached hydrogens (tertiary/aromatic N) is 2. The minimum atomic E-state index is 0.388. The molecule has 0 radical (unpaired) electrons. The van der Waals surface area contributed by atoms with E-state index in [1.807, 2.05) is 10.8 Å². The third-order valence-electron chi connectivity index (χ3n) is 1.32. The van der Waals surface area contributed by atoms with Crippen molar-refractivity contribution in [3.8, 4) is 11.8 Å². The lowest BCUT2D eigenvalue weighted by molar-refractivity contribution is 0.761. The summed E-state index contributed by atoms with van der Waals surface area (Å²) in [6.07, 6.45) is 3.67. The van der Waals surface area contributed by atoms with Gasteiger partial charge in [0.1, 0.15) is 5.69 Å². The van der Waals surface area contributed by atoms with Crippen LogP contribution in [0.25, 0.3) is 0 Å². The zero-order chi connectivity index (χ0) is 8.10. The van der Waals surface area contributed by atoms with Crippen molar-refractivity contribution in [3.05, 3.63) is 18.2 Å². The SMILES string of the molecule is CCn1cnc(C#CCN)c1. The highest BCUT2D eigenvalue weighted by Crippen LogP contribution is 1.92. The summed E-state index contributed by atoms with van der Waals surface area (Å²) >= 11 is 0. The van der Waals surface area contributed by atoms with E-state index in [0.717, 1.165) is 12.2 Å². The number of imidazole rings is 1. The molecule has 0 unspecified atom stereocenters. The van der Waals surface area contributed by atoms with E-state index in [-0.39, 0.29) is 0 Å². The van der Waals surface area contributed by atoms with Crippen LogP contribution in [0.15, 0.2) is 12.5 Å². The van der Waals surface area contributed by atoms with Gasteiger partial charge in [0.2, 0.25) is 0 Å². The lowest BCUT2D eigenvalue weighted by atomic mass is 10.4. The molecule has 0 saturated heterocycles. The Morgan fingerprint density at radius 3 is 3.09 bits per heavy atom. The number of hydrogen-bond donors (Lipinski definition) is 1. The Morgan fingerprint density at radius 1 is 1.73 bits per heavy atom. The smallest absolute Gasteiger partial charge is 0.131 e. The second-order valence-electron chi connectivity index (χ2n) is 2.10. The first kappa shape index (κ1) is 7.83. The van der Waals surface area contributed by atoms with Crippen LogP contribution < -0.4 is 5.73 Å². The Bertz CT molecular complexity index is 277. The van der Waals surface area contributed by atoms with Crippen LogP contribution in [-0.4, -0.2) is 16.1 Å². The van der Waals surface area contributed by atoms with Gasteiger partial charge in [0, 0.05) is 12.7 Å². The molecule has 0 aliphatic rings. The highest BCUT2D eigenvalue weighted by Gasteiger charge is 1.90. The Balaban J connectivity index is 2.72. The second-order valence-corrected chi connectivity index (χ2v) is 2.10. The molecule has 1 heterocycles. The van der Waals surface area contributed by atoms with Crippen molar-refractivity contribution in [2.75, 3.05) is 6.54 Å². The van der Waals surface area contributed by atoms with Crippen LogP contribution in [0.1, 0.15) is 12.6 Å². The van der Waals surface area contributed by atoms with Gasteiger partial charge in [-0.15, -0.1) is 0 Å². The third-order valence-corrected chi connectivity index (χ3v) is 1.32. The maximum Gasteiger partial charge on any atom is 0.131 e. The Kier molecular flexibility index (Phi) is 2.70. The molecule has 0 amide bonds. The molecular weight excluding hydrogens is 138 g/mol. The molecule has 1 aromatic rings. The summed E-state index contributed by atoms with van der Waals surface area (Å²) in [6, 6.07) is 0. The molecule has 0 saturated carbocycles. The second kappa shape index (κ2) is 3.79. The molecule has 3 nitrogen and oxygen atoms in total. The molecular formula is C8H11N3. The predicted molar refractivity (Wildman–Crippen MR) is 43.8 cm³/mol. The summed E-state index contributed by atoms with van der Waals surface area (Å²) in [7, 11) is 0. The Labute approximate surface area is 66.2 Å². The molecule has 0 atom stereocenters. The summed E-state index contributed by atoms with van der Waals surface area (Å²) in [5.41, 5.74) is 6.00. The van der Waals surface area contributed by atoms with Crippen molar-refractivity contribution >= 4 is 0 Å². The molecule has 0 aliphatic heterocycles. The van der Waals surface area contributed by atoms with E-state index < -0.39 is 0 Å². The monoisotopic (exact) mass is 149 g/mol. The maximum absolute atomic E-state index is 5.21. The number of nitrogens with two attached hydrogens (primary N) is 1. The average molecular weight is 149 g/mol. The van der Waals surface area contributed by atoms with Crippen LogP contribution in [0.3, 0.4) is 0 Å². The zero-order valence-corrected chi connectivity index (χ0v) is 6.54. The van der Waals surface area contributed by atoms with Crippen molar-refractivity contribution in [3.63, 3.8) is 0 Å². The highest BCUT2D eigenvalue weighted by molar-refractivity contribution is 5.25. The Hall–Kier alpha value is -1.27. The molecule has 2 N–H and O–H groups in total. The van der Waals surface area contributed by atoms with Crippen molar-refractivity contribution in [1.29, 1.82) is 0 Å². The van der Waals surface area contributed by atoms with E-state index in [1.165, 1.54) is 0 Å².